The monoisotopic (exact) mass is 198 g/mol. The van der Waals surface area contributed by atoms with Crippen LogP contribution in [0.4, 0.5) is 0 Å². The SMILES string of the molecule is CC(=O)CN1CCCN(C)C(=O)C1C. The summed E-state index contributed by atoms with van der Waals surface area (Å²) in [5.74, 6) is 0.234. The van der Waals surface area contributed by atoms with Gasteiger partial charge < -0.3 is 4.90 Å². The first kappa shape index (κ1) is 11.2. The van der Waals surface area contributed by atoms with E-state index in [-0.39, 0.29) is 17.7 Å². The molecule has 0 radical (unpaired) electrons. The van der Waals surface area contributed by atoms with E-state index in [2.05, 4.69) is 0 Å². The van der Waals surface area contributed by atoms with E-state index < -0.39 is 0 Å². The minimum absolute atomic E-state index is 0.115. The largest absolute Gasteiger partial charge is 0.344 e. The Morgan fingerprint density at radius 2 is 2.14 bits per heavy atom. The third-order valence-electron chi connectivity index (χ3n) is 2.65. The fourth-order valence-corrected chi connectivity index (χ4v) is 1.79. The van der Waals surface area contributed by atoms with Crippen molar-refractivity contribution in [2.75, 3.05) is 26.7 Å². The summed E-state index contributed by atoms with van der Waals surface area (Å²) in [4.78, 5) is 26.4. The second-order valence-electron chi connectivity index (χ2n) is 3.96. The molecule has 0 aromatic carbocycles. The summed E-state index contributed by atoms with van der Waals surface area (Å²) in [6.07, 6.45) is 0.944. The Labute approximate surface area is 84.9 Å². The minimum atomic E-state index is -0.161. The molecule has 0 aliphatic carbocycles. The Kier molecular flexibility index (Phi) is 3.63. The van der Waals surface area contributed by atoms with Gasteiger partial charge in [-0.15, -0.1) is 0 Å². The standard InChI is InChI=1S/C10H18N2O2/c1-8(13)7-12-6-4-5-11(3)10(14)9(12)2/h9H,4-7H2,1-3H3. The summed E-state index contributed by atoms with van der Waals surface area (Å²) in [5, 5.41) is 0. The van der Waals surface area contributed by atoms with E-state index in [1.54, 1.807) is 11.8 Å². The fourth-order valence-electron chi connectivity index (χ4n) is 1.79. The van der Waals surface area contributed by atoms with Crippen LogP contribution >= 0.6 is 0 Å². The highest BCUT2D eigenvalue weighted by molar-refractivity contribution is 5.83. The maximum absolute atomic E-state index is 11.7. The first-order valence-electron chi connectivity index (χ1n) is 5.01. The van der Waals surface area contributed by atoms with Crippen molar-refractivity contribution >= 4 is 11.7 Å². The topological polar surface area (TPSA) is 40.6 Å². The highest BCUT2D eigenvalue weighted by Crippen LogP contribution is 2.09. The van der Waals surface area contributed by atoms with E-state index in [9.17, 15) is 9.59 Å². The normalized spacial score (nSPS) is 24.9. The zero-order valence-electron chi connectivity index (χ0n) is 9.12. The molecule has 1 unspecified atom stereocenters. The highest BCUT2D eigenvalue weighted by atomic mass is 16.2. The molecule has 1 fully saturated rings. The van der Waals surface area contributed by atoms with Crippen LogP contribution in [0.15, 0.2) is 0 Å². The molecule has 14 heavy (non-hydrogen) atoms. The smallest absolute Gasteiger partial charge is 0.239 e. The lowest BCUT2D eigenvalue weighted by Crippen LogP contribution is -2.44. The van der Waals surface area contributed by atoms with Gasteiger partial charge in [0.05, 0.1) is 12.6 Å². The number of likely N-dealkylation sites (N-methyl/N-ethyl adjacent to an activating group) is 1. The van der Waals surface area contributed by atoms with Crippen molar-refractivity contribution in [2.24, 2.45) is 0 Å². The second-order valence-corrected chi connectivity index (χ2v) is 3.96. The lowest BCUT2D eigenvalue weighted by molar-refractivity contribution is -0.134. The van der Waals surface area contributed by atoms with Crippen LogP contribution in [0.2, 0.25) is 0 Å². The molecule has 4 heteroatoms. The zero-order valence-corrected chi connectivity index (χ0v) is 9.12. The summed E-state index contributed by atoms with van der Waals surface area (Å²) >= 11 is 0. The molecular weight excluding hydrogens is 180 g/mol. The molecule has 1 rings (SSSR count). The lowest BCUT2D eigenvalue weighted by Gasteiger charge is -2.25. The number of hydrogen-bond donors (Lipinski definition) is 0. The van der Waals surface area contributed by atoms with E-state index in [0.717, 1.165) is 19.5 Å². The van der Waals surface area contributed by atoms with Crippen LogP contribution in [-0.2, 0) is 9.59 Å². The number of Topliss-reactive ketones (excluding diaryl/α,β-unsaturated/α-hetero) is 1. The minimum Gasteiger partial charge on any atom is -0.344 e. The molecule has 1 amide bonds. The number of carbonyl (C=O) groups excluding carboxylic acids is 2. The maximum atomic E-state index is 11.7. The Morgan fingerprint density at radius 1 is 1.50 bits per heavy atom. The van der Waals surface area contributed by atoms with Crippen molar-refractivity contribution in [1.82, 2.24) is 9.80 Å². The second kappa shape index (κ2) is 4.55. The molecule has 0 saturated carbocycles. The Morgan fingerprint density at radius 3 is 2.71 bits per heavy atom. The summed E-state index contributed by atoms with van der Waals surface area (Å²) in [7, 11) is 1.82. The van der Waals surface area contributed by atoms with Crippen LogP contribution in [0.25, 0.3) is 0 Å². The molecular formula is C10H18N2O2. The van der Waals surface area contributed by atoms with Crippen LogP contribution in [0, 0.1) is 0 Å². The van der Waals surface area contributed by atoms with Crippen molar-refractivity contribution < 1.29 is 9.59 Å². The Balaban J connectivity index is 2.67. The lowest BCUT2D eigenvalue weighted by atomic mass is 10.2. The summed E-state index contributed by atoms with van der Waals surface area (Å²) in [5.41, 5.74) is 0. The molecule has 1 atom stereocenters. The third-order valence-corrected chi connectivity index (χ3v) is 2.65. The Hall–Kier alpha value is -0.900. The van der Waals surface area contributed by atoms with Crippen molar-refractivity contribution in [3.8, 4) is 0 Å². The average Bonchev–Trinajstić information content (AvgIpc) is 2.21. The number of carbonyl (C=O) groups is 2. The van der Waals surface area contributed by atoms with Gasteiger partial charge >= 0.3 is 0 Å². The molecule has 1 aliphatic heterocycles. The van der Waals surface area contributed by atoms with E-state index >= 15 is 0 Å². The van der Waals surface area contributed by atoms with Crippen LogP contribution < -0.4 is 0 Å². The van der Waals surface area contributed by atoms with Crippen molar-refractivity contribution in [1.29, 1.82) is 0 Å². The number of hydrogen-bond acceptors (Lipinski definition) is 3. The quantitative estimate of drug-likeness (QED) is 0.633. The van der Waals surface area contributed by atoms with Gasteiger partial charge in [0, 0.05) is 20.1 Å². The van der Waals surface area contributed by atoms with Crippen LogP contribution in [0.5, 0.6) is 0 Å². The van der Waals surface area contributed by atoms with Gasteiger partial charge in [0.2, 0.25) is 5.91 Å². The Bertz CT molecular complexity index is 240. The van der Waals surface area contributed by atoms with Crippen LogP contribution in [-0.4, -0.2) is 54.2 Å². The van der Waals surface area contributed by atoms with E-state index in [1.807, 2.05) is 18.9 Å². The molecule has 0 bridgehead atoms. The average molecular weight is 198 g/mol. The van der Waals surface area contributed by atoms with Crippen LogP contribution in [0.1, 0.15) is 20.3 Å². The van der Waals surface area contributed by atoms with Gasteiger partial charge in [-0.2, -0.15) is 0 Å². The number of nitrogens with zero attached hydrogens (tertiary/aromatic N) is 2. The zero-order chi connectivity index (χ0) is 10.7. The van der Waals surface area contributed by atoms with Gasteiger partial charge in [-0.25, -0.2) is 0 Å². The molecule has 0 N–H and O–H groups in total. The summed E-state index contributed by atoms with van der Waals surface area (Å²) < 4.78 is 0. The number of ketones is 1. The van der Waals surface area contributed by atoms with E-state index in [1.165, 1.54) is 0 Å². The predicted octanol–water partition coefficient (Wildman–Crippen LogP) is 0.128. The van der Waals surface area contributed by atoms with E-state index in [0.29, 0.717) is 6.54 Å². The van der Waals surface area contributed by atoms with Gasteiger partial charge in [0.25, 0.3) is 0 Å². The summed E-state index contributed by atoms with van der Waals surface area (Å²) in [6, 6.07) is -0.161. The molecule has 80 valence electrons. The predicted molar refractivity (Wildman–Crippen MR) is 54.0 cm³/mol. The number of rotatable bonds is 2. The maximum Gasteiger partial charge on any atom is 0.239 e. The third kappa shape index (κ3) is 2.54. The van der Waals surface area contributed by atoms with Gasteiger partial charge in [-0.3, -0.25) is 14.5 Å². The van der Waals surface area contributed by atoms with Gasteiger partial charge in [0.15, 0.2) is 0 Å². The van der Waals surface area contributed by atoms with Gasteiger partial charge in [-0.05, 0) is 20.3 Å². The fraction of sp³-hybridized carbons (Fsp3) is 0.800. The van der Waals surface area contributed by atoms with Crippen molar-refractivity contribution in [2.45, 2.75) is 26.3 Å². The molecule has 0 spiro atoms. The molecule has 1 heterocycles. The number of amides is 1. The van der Waals surface area contributed by atoms with Crippen molar-refractivity contribution in [3.63, 3.8) is 0 Å². The van der Waals surface area contributed by atoms with Gasteiger partial charge in [0.1, 0.15) is 5.78 Å². The van der Waals surface area contributed by atoms with Crippen LogP contribution in [0.3, 0.4) is 0 Å². The molecule has 1 saturated heterocycles. The van der Waals surface area contributed by atoms with Gasteiger partial charge in [-0.1, -0.05) is 0 Å². The summed E-state index contributed by atoms with van der Waals surface area (Å²) in [6.45, 7) is 5.44. The first-order valence-corrected chi connectivity index (χ1v) is 5.01. The van der Waals surface area contributed by atoms with Crippen molar-refractivity contribution in [3.05, 3.63) is 0 Å². The van der Waals surface area contributed by atoms with E-state index in [4.69, 9.17) is 0 Å². The first-order chi connectivity index (χ1) is 6.52. The molecule has 1 aliphatic rings. The molecule has 4 nitrogen and oxygen atoms in total. The highest BCUT2D eigenvalue weighted by Gasteiger charge is 2.27. The molecule has 0 aromatic rings. The molecule has 0 aromatic heterocycles.